The zero-order valence-corrected chi connectivity index (χ0v) is 6.40. The van der Waals surface area contributed by atoms with Crippen molar-refractivity contribution in [3.63, 3.8) is 0 Å². The largest absolute Gasteiger partial charge is 0.465 e. The number of nitrogens with one attached hydrogen (secondary N) is 1. The summed E-state index contributed by atoms with van der Waals surface area (Å²) in [5, 5.41) is 11.7. The van der Waals surface area contributed by atoms with Crippen LogP contribution in [-0.2, 0) is 9.63 Å². The monoisotopic (exact) mass is 172 g/mol. The highest BCUT2D eigenvalue weighted by atomic mass is 16.7. The van der Waals surface area contributed by atoms with Gasteiger partial charge >= 0.3 is 6.09 Å². The molecule has 66 valence electrons. The molecule has 0 aromatic heterocycles. The van der Waals surface area contributed by atoms with Gasteiger partial charge in [-0.1, -0.05) is 0 Å². The summed E-state index contributed by atoms with van der Waals surface area (Å²) in [6, 6.07) is -0.606. The maximum Gasteiger partial charge on any atom is 0.405 e. The molecular formula is C6H8N2O4. The molecule has 1 saturated heterocycles. The van der Waals surface area contributed by atoms with E-state index in [2.05, 4.69) is 5.32 Å². The Morgan fingerprint density at radius 1 is 1.92 bits per heavy atom. The molecule has 0 aromatic carbocycles. The van der Waals surface area contributed by atoms with Crippen LogP contribution < -0.4 is 5.32 Å². The third-order valence-electron chi connectivity index (χ3n) is 1.51. The molecule has 1 fully saturated rings. The van der Waals surface area contributed by atoms with E-state index in [0.717, 1.165) is 0 Å². The van der Waals surface area contributed by atoms with E-state index in [0.29, 0.717) is 0 Å². The number of likely N-dealkylation sites (N-methyl/N-ethyl adjacent to an activating group) is 1. The molecule has 1 rings (SSSR count). The lowest BCUT2D eigenvalue weighted by Crippen LogP contribution is -2.36. The number of hydroxylamine groups is 2. The van der Waals surface area contributed by atoms with E-state index in [4.69, 9.17) is 9.94 Å². The molecule has 1 aliphatic rings. The van der Waals surface area contributed by atoms with Gasteiger partial charge in [0, 0.05) is 7.05 Å². The average Bonchev–Trinajstić information content (AvgIpc) is 2.30. The lowest BCUT2D eigenvalue weighted by Gasteiger charge is -2.09. The molecule has 0 bridgehead atoms. The molecule has 1 amide bonds. The number of hydrogen-bond acceptors (Lipinski definition) is 4. The highest BCUT2D eigenvalue weighted by Crippen LogP contribution is 2.13. The van der Waals surface area contributed by atoms with Gasteiger partial charge in [0.25, 0.3) is 0 Å². The van der Waals surface area contributed by atoms with E-state index in [1.54, 1.807) is 5.94 Å². The van der Waals surface area contributed by atoms with Gasteiger partial charge in [-0.2, -0.15) is 0 Å². The summed E-state index contributed by atoms with van der Waals surface area (Å²) in [5.41, 5.74) is 0.164. The molecule has 0 spiro atoms. The van der Waals surface area contributed by atoms with Gasteiger partial charge in [-0.3, -0.25) is 4.84 Å². The van der Waals surface area contributed by atoms with Crippen molar-refractivity contribution >= 4 is 12.0 Å². The Morgan fingerprint density at radius 3 is 3.08 bits per heavy atom. The molecule has 0 aliphatic carbocycles. The summed E-state index contributed by atoms with van der Waals surface area (Å²) in [6.07, 6.45) is -1.19. The summed E-state index contributed by atoms with van der Waals surface area (Å²) in [7, 11) is 1.52. The fourth-order valence-electron chi connectivity index (χ4n) is 0.949. The third kappa shape index (κ3) is 1.55. The first-order valence-corrected chi connectivity index (χ1v) is 3.26. The summed E-state index contributed by atoms with van der Waals surface area (Å²) in [6.45, 7) is 0.132. The van der Waals surface area contributed by atoms with Crippen molar-refractivity contribution in [1.82, 2.24) is 10.4 Å². The number of rotatable bonds is 1. The van der Waals surface area contributed by atoms with Crippen molar-refractivity contribution in [3.8, 4) is 0 Å². The summed E-state index contributed by atoms with van der Waals surface area (Å²) in [5.74, 6) is 1.61. The highest BCUT2D eigenvalue weighted by Gasteiger charge is 2.29. The van der Waals surface area contributed by atoms with Crippen LogP contribution >= 0.6 is 0 Å². The second kappa shape index (κ2) is 3.25. The van der Waals surface area contributed by atoms with E-state index >= 15 is 0 Å². The molecule has 6 nitrogen and oxygen atoms in total. The van der Waals surface area contributed by atoms with Crippen molar-refractivity contribution < 1.29 is 19.5 Å². The Kier molecular flexibility index (Phi) is 2.32. The normalized spacial score (nSPS) is 22.2. The van der Waals surface area contributed by atoms with Crippen molar-refractivity contribution in [1.29, 1.82) is 0 Å². The minimum Gasteiger partial charge on any atom is -0.465 e. The molecule has 1 aliphatic heterocycles. The van der Waals surface area contributed by atoms with Crippen LogP contribution in [0.4, 0.5) is 4.79 Å². The van der Waals surface area contributed by atoms with Crippen molar-refractivity contribution in [2.24, 2.45) is 0 Å². The van der Waals surface area contributed by atoms with Gasteiger partial charge in [-0.25, -0.2) is 14.7 Å². The smallest absolute Gasteiger partial charge is 0.405 e. The Morgan fingerprint density at radius 2 is 2.58 bits per heavy atom. The molecule has 1 atom stereocenters. The Hall–Kier alpha value is -1.52. The molecule has 6 heteroatoms. The fourth-order valence-corrected chi connectivity index (χ4v) is 0.949. The van der Waals surface area contributed by atoms with Gasteiger partial charge < -0.3 is 10.4 Å². The maximum absolute atomic E-state index is 10.3. The third-order valence-corrected chi connectivity index (χ3v) is 1.51. The van der Waals surface area contributed by atoms with E-state index in [1.165, 1.54) is 12.1 Å². The second-order valence-corrected chi connectivity index (χ2v) is 2.28. The number of amides is 1. The zero-order valence-electron chi connectivity index (χ0n) is 6.40. The first-order valence-electron chi connectivity index (χ1n) is 3.26. The fraction of sp³-hybridized carbons (Fsp3) is 0.500. The van der Waals surface area contributed by atoms with Gasteiger partial charge in [-0.15, -0.1) is 0 Å². The standard InChI is InChI=1S/C6H8N2O4/c1-8-5(2-9)4(3-12-8)7-6(10)11/h4,7H,3H2,1H3,(H,10,11)/t4-/m0/s1. The van der Waals surface area contributed by atoms with E-state index in [9.17, 15) is 9.59 Å². The number of hydrogen-bond donors (Lipinski definition) is 2. The second-order valence-electron chi connectivity index (χ2n) is 2.28. The van der Waals surface area contributed by atoms with Crippen LogP contribution in [0.3, 0.4) is 0 Å². The van der Waals surface area contributed by atoms with E-state index in [-0.39, 0.29) is 12.3 Å². The molecule has 0 radical (unpaired) electrons. The van der Waals surface area contributed by atoms with Gasteiger partial charge in [0.15, 0.2) is 5.94 Å². The van der Waals surface area contributed by atoms with Crippen molar-refractivity contribution in [3.05, 3.63) is 5.70 Å². The molecule has 0 aromatic rings. The van der Waals surface area contributed by atoms with Crippen molar-refractivity contribution in [2.45, 2.75) is 6.04 Å². The van der Waals surface area contributed by atoms with Crippen LogP contribution in [0.1, 0.15) is 0 Å². The lowest BCUT2D eigenvalue weighted by molar-refractivity contribution is -0.0688. The molecule has 0 saturated carbocycles. The molecule has 1 heterocycles. The summed E-state index contributed by atoms with van der Waals surface area (Å²) < 4.78 is 0. The van der Waals surface area contributed by atoms with Crippen LogP contribution in [0.2, 0.25) is 0 Å². The number of nitrogens with zero attached hydrogens (tertiary/aromatic N) is 1. The lowest BCUT2D eigenvalue weighted by atomic mass is 10.2. The van der Waals surface area contributed by atoms with Gasteiger partial charge in [0.05, 0.1) is 0 Å². The van der Waals surface area contributed by atoms with Gasteiger partial charge in [0.1, 0.15) is 18.3 Å². The average molecular weight is 172 g/mol. The number of carbonyl (C=O) groups is 1. The maximum atomic E-state index is 10.3. The summed E-state index contributed by atoms with van der Waals surface area (Å²) in [4.78, 5) is 25.4. The minimum absolute atomic E-state index is 0.132. The summed E-state index contributed by atoms with van der Waals surface area (Å²) >= 11 is 0. The van der Waals surface area contributed by atoms with Crippen LogP contribution in [-0.4, -0.2) is 41.9 Å². The van der Waals surface area contributed by atoms with Crippen LogP contribution in [0.15, 0.2) is 5.70 Å². The quantitative estimate of drug-likeness (QED) is 0.507. The number of carboxylic acid groups (broad SMARTS) is 1. The molecular weight excluding hydrogens is 164 g/mol. The zero-order chi connectivity index (χ0) is 9.14. The number of carbonyl (C=O) groups excluding carboxylic acids is 1. The predicted octanol–water partition coefficient (Wildman–Crippen LogP) is -0.785. The highest BCUT2D eigenvalue weighted by molar-refractivity contribution is 5.67. The van der Waals surface area contributed by atoms with Crippen LogP contribution in [0.5, 0.6) is 0 Å². The Bertz CT molecular complexity index is 246. The minimum atomic E-state index is -1.19. The molecule has 0 unspecified atom stereocenters. The van der Waals surface area contributed by atoms with E-state index < -0.39 is 12.1 Å². The Balaban J connectivity index is 2.68. The Labute approximate surface area is 68.4 Å². The topological polar surface area (TPSA) is 78.9 Å². The van der Waals surface area contributed by atoms with Crippen molar-refractivity contribution in [2.75, 3.05) is 13.7 Å². The molecule has 2 N–H and O–H groups in total. The SMILES string of the molecule is CN1OC[C@H](NC(=O)O)C1=C=O. The first kappa shape index (κ1) is 8.58. The first-order chi connectivity index (χ1) is 5.65. The van der Waals surface area contributed by atoms with Crippen LogP contribution in [0.25, 0.3) is 0 Å². The van der Waals surface area contributed by atoms with Gasteiger partial charge in [0.2, 0.25) is 0 Å². The van der Waals surface area contributed by atoms with Gasteiger partial charge in [-0.05, 0) is 0 Å². The molecule has 12 heavy (non-hydrogen) atoms. The van der Waals surface area contributed by atoms with E-state index in [1.807, 2.05) is 0 Å². The van der Waals surface area contributed by atoms with Crippen LogP contribution in [0, 0.1) is 0 Å². The predicted molar refractivity (Wildman–Crippen MR) is 37.9 cm³/mol.